The monoisotopic (exact) mass is 652 g/mol. The Kier molecular flexibility index (Phi) is 10.1. The molecule has 5 nitrogen and oxygen atoms in total. The van der Waals surface area contributed by atoms with E-state index in [0.717, 1.165) is 23.2 Å². The number of rotatable bonds is 9. The minimum atomic E-state index is -0.0846. The average molecular weight is 655 g/mol. The quantitative estimate of drug-likeness (QED) is 0.216. The summed E-state index contributed by atoms with van der Waals surface area (Å²) in [5, 5.41) is 2.22. The minimum Gasteiger partial charge on any atom is -0.490 e. The van der Waals surface area contributed by atoms with Crippen LogP contribution in [-0.2, 0) is 11.4 Å². The fourth-order valence-electron chi connectivity index (χ4n) is 3.65. The summed E-state index contributed by atoms with van der Waals surface area (Å²) in [4.78, 5) is 20.3. The molecule has 1 amide bonds. The number of benzene rings is 3. The fraction of sp³-hybridized carbons (Fsp3) is 0.214. The minimum absolute atomic E-state index is 0.0846. The third kappa shape index (κ3) is 7.07. The molecule has 0 atom stereocenters. The zero-order valence-corrected chi connectivity index (χ0v) is 25.3. The molecule has 38 heavy (non-hydrogen) atoms. The van der Waals surface area contributed by atoms with Gasteiger partial charge in [-0.05, 0) is 107 Å². The fourth-order valence-corrected chi connectivity index (χ4v) is 5.69. The van der Waals surface area contributed by atoms with Crippen LogP contribution in [0, 0.1) is 0 Å². The molecular formula is C28H24BrCl3N2O3S. The van der Waals surface area contributed by atoms with Crippen molar-refractivity contribution >= 4 is 85.3 Å². The summed E-state index contributed by atoms with van der Waals surface area (Å²) in [6.45, 7) is 5.24. The summed E-state index contributed by atoms with van der Waals surface area (Å²) in [5.74, 6) is 1.03. The Hall–Kier alpha value is -2.16. The maximum Gasteiger partial charge on any atom is 0.266 e. The first-order valence-corrected chi connectivity index (χ1v) is 14.6. The average Bonchev–Trinajstić information content (AvgIpc) is 3.16. The molecule has 0 bridgehead atoms. The van der Waals surface area contributed by atoms with Gasteiger partial charge in [-0.25, -0.2) is 4.99 Å². The van der Waals surface area contributed by atoms with Crippen LogP contribution >= 0.6 is 62.5 Å². The molecule has 10 heteroatoms. The number of nitrogens with zero attached hydrogens (tertiary/aromatic N) is 2. The molecular weight excluding hydrogens is 631 g/mol. The topological polar surface area (TPSA) is 51.1 Å². The number of carbonyl (C=O) groups is 1. The second-order valence-electron chi connectivity index (χ2n) is 8.24. The number of thioether (sulfide) groups is 1. The lowest BCUT2D eigenvalue weighted by atomic mass is 10.1. The smallest absolute Gasteiger partial charge is 0.266 e. The molecule has 3 aromatic rings. The Morgan fingerprint density at radius 1 is 1.00 bits per heavy atom. The van der Waals surface area contributed by atoms with Crippen LogP contribution in [0.25, 0.3) is 6.08 Å². The van der Waals surface area contributed by atoms with Gasteiger partial charge in [-0.2, -0.15) is 0 Å². The van der Waals surface area contributed by atoms with Crippen molar-refractivity contribution in [2.75, 3.05) is 13.2 Å². The Morgan fingerprint density at radius 3 is 2.45 bits per heavy atom. The van der Waals surface area contributed by atoms with Gasteiger partial charge in [0.1, 0.15) is 6.61 Å². The van der Waals surface area contributed by atoms with Crippen LogP contribution in [0.5, 0.6) is 11.5 Å². The molecule has 198 valence electrons. The Bertz CT molecular complexity index is 1400. The van der Waals surface area contributed by atoms with Crippen molar-refractivity contribution < 1.29 is 14.3 Å². The van der Waals surface area contributed by atoms with Gasteiger partial charge in [0.25, 0.3) is 5.91 Å². The number of amidine groups is 1. The highest BCUT2D eigenvalue weighted by Gasteiger charge is 2.33. The zero-order valence-electron chi connectivity index (χ0n) is 20.6. The van der Waals surface area contributed by atoms with Gasteiger partial charge in [0, 0.05) is 11.6 Å². The van der Waals surface area contributed by atoms with Gasteiger partial charge in [0.2, 0.25) is 0 Å². The molecule has 0 aliphatic carbocycles. The molecule has 0 N–H and O–H groups in total. The SMILES string of the molecule is CCCN1C(=O)/C(=C/c2cc(Br)c(OCc3ccc(Cl)c(Cl)c3)c(OCC)c2)SC1=Nc1ccc(Cl)cc1. The molecule has 1 aliphatic rings. The van der Waals surface area contributed by atoms with Crippen LogP contribution in [0.15, 0.2) is 69.0 Å². The van der Waals surface area contributed by atoms with E-state index in [1.165, 1.54) is 11.8 Å². The molecule has 1 saturated heterocycles. The molecule has 0 spiro atoms. The molecule has 1 heterocycles. The Morgan fingerprint density at radius 2 is 1.76 bits per heavy atom. The van der Waals surface area contributed by atoms with E-state index >= 15 is 0 Å². The highest BCUT2D eigenvalue weighted by atomic mass is 79.9. The van der Waals surface area contributed by atoms with Gasteiger partial charge in [0.15, 0.2) is 16.7 Å². The summed E-state index contributed by atoms with van der Waals surface area (Å²) in [6.07, 6.45) is 2.65. The first-order valence-electron chi connectivity index (χ1n) is 11.9. The number of carbonyl (C=O) groups excluding carboxylic acids is 1. The normalized spacial score (nSPS) is 15.5. The van der Waals surface area contributed by atoms with Crippen molar-refractivity contribution in [3.8, 4) is 11.5 Å². The van der Waals surface area contributed by atoms with Crippen molar-refractivity contribution in [3.05, 3.63) is 90.2 Å². The first kappa shape index (κ1) is 28.8. The molecule has 4 rings (SSSR count). The van der Waals surface area contributed by atoms with E-state index in [1.807, 2.05) is 50.3 Å². The maximum absolute atomic E-state index is 13.3. The molecule has 0 saturated carbocycles. The summed E-state index contributed by atoms with van der Waals surface area (Å²) in [6, 6.07) is 16.3. The highest BCUT2D eigenvalue weighted by Crippen LogP contribution is 2.40. The second-order valence-corrected chi connectivity index (χ2v) is 11.4. The number of hydrogen-bond acceptors (Lipinski definition) is 5. The van der Waals surface area contributed by atoms with E-state index in [4.69, 9.17) is 49.3 Å². The van der Waals surface area contributed by atoms with Crippen molar-refractivity contribution in [1.29, 1.82) is 0 Å². The van der Waals surface area contributed by atoms with Gasteiger partial charge < -0.3 is 9.47 Å². The van der Waals surface area contributed by atoms with Gasteiger partial charge in [-0.1, -0.05) is 47.8 Å². The summed E-state index contributed by atoms with van der Waals surface area (Å²) >= 11 is 23.1. The lowest BCUT2D eigenvalue weighted by molar-refractivity contribution is -0.122. The van der Waals surface area contributed by atoms with E-state index in [2.05, 4.69) is 15.9 Å². The second kappa shape index (κ2) is 13.3. The van der Waals surface area contributed by atoms with Crippen molar-refractivity contribution in [3.63, 3.8) is 0 Å². The lowest BCUT2D eigenvalue weighted by Crippen LogP contribution is -2.29. The van der Waals surface area contributed by atoms with Crippen LogP contribution in [0.1, 0.15) is 31.4 Å². The predicted molar refractivity (Wildman–Crippen MR) is 162 cm³/mol. The Balaban J connectivity index is 1.61. The van der Waals surface area contributed by atoms with Gasteiger partial charge in [-0.15, -0.1) is 0 Å². The largest absolute Gasteiger partial charge is 0.490 e. The van der Waals surface area contributed by atoms with Crippen LogP contribution in [-0.4, -0.2) is 29.1 Å². The van der Waals surface area contributed by atoms with Crippen LogP contribution < -0.4 is 9.47 Å². The van der Waals surface area contributed by atoms with Crippen LogP contribution in [0.4, 0.5) is 5.69 Å². The predicted octanol–water partition coefficient (Wildman–Crippen LogP) is 9.40. The van der Waals surface area contributed by atoms with Crippen molar-refractivity contribution in [2.24, 2.45) is 4.99 Å². The summed E-state index contributed by atoms with van der Waals surface area (Å²) in [5.41, 5.74) is 2.40. The van der Waals surface area contributed by atoms with E-state index < -0.39 is 0 Å². The maximum atomic E-state index is 13.3. The first-order chi connectivity index (χ1) is 18.3. The number of amides is 1. The third-order valence-corrected chi connectivity index (χ3v) is 7.97. The van der Waals surface area contributed by atoms with Gasteiger partial charge in [-0.3, -0.25) is 9.69 Å². The number of hydrogen-bond donors (Lipinski definition) is 0. The van der Waals surface area contributed by atoms with Crippen molar-refractivity contribution in [2.45, 2.75) is 26.9 Å². The molecule has 1 fully saturated rings. The standard InChI is InChI=1S/C28H24BrCl3N2O3S/c1-3-11-34-27(35)25(38-28(34)33-20-8-6-19(30)7-9-20)15-18-12-21(29)26(24(14-18)36-4-2)37-16-17-5-10-22(31)23(32)13-17/h5-10,12-15H,3-4,11,16H2,1-2H3/b25-15-,33-28?. The number of ether oxygens (including phenoxy) is 2. The lowest BCUT2D eigenvalue weighted by Gasteiger charge is -2.15. The third-order valence-electron chi connectivity index (χ3n) is 5.38. The highest BCUT2D eigenvalue weighted by molar-refractivity contribution is 9.10. The van der Waals surface area contributed by atoms with E-state index in [-0.39, 0.29) is 12.5 Å². The number of halogens is 4. The molecule has 0 aromatic heterocycles. The van der Waals surface area contributed by atoms with Crippen LogP contribution in [0.3, 0.4) is 0 Å². The summed E-state index contributed by atoms with van der Waals surface area (Å²) < 4.78 is 12.7. The molecule has 0 unspecified atom stereocenters. The van der Waals surface area contributed by atoms with Crippen LogP contribution in [0.2, 0.25) is 15.1 Å². The Labute approximate surface area is 249 Å². The zero-order chi connectivity index (χ0) is 27.2. The molecule has 0 radical (unpaired) electrons. The summed E-state index contributed by atoms with van der Waals surface area (Å²) in [7, 11) is 0. The molecule has 1 aliphatic heterocycles. The van der Waals surface area contributed by atoms with E-state index in [1.54, 1.807) is 29.2 Å². The van der Waals surface area contributed by atoms with Gasteiger partial charge in [0.05, 0.1) is 31.7 Å². The van der Waals surface area contributed by atoms with E-state index in [9.17, 15) is 4.79 Å². The van der Waals surface area contributed by atoms with Gasteiger partial charge >= 0.3 is 0 Å². The van der Waals surface area contributed by atoms with Crippen molar-refractivity contribution in [1.82, 2.24) is 4.90 Å². The molecule has 3 aromatic carbocycles. The number of aliphatic imine (C=N–C) groups is 1. The van der Waals surface area contributed by atoms with E-state index in [0.29, 0.717) is 54.3 Å².